The van der Waals surface area contributed by atoms with Gasteiger partial charge in [0.05, 0.1) is 5.56 Å². The minimum absolute atomic E-state index is 0.0459. The first-order valence-corrected chi connectivity index (χ1v) is 8.04. The largest absolute Gasteiger partial charge is 0.480 e. The molecule has 1 aromatic rings. The normalized spacial score (nSPS) is 13.4. The van der Waals surface area contributed by atoms with E-state index in [0.29, 0.717) is 0 Å². The number of carboxylic acid groups (broad SMARTS) is 1. The van der Waals surface area contributed by atoms with Gasteiger partial charge in [0.15, 0.2) is 0 Å². The topological polar surface area (TPSA) is 117 Å². The van der Waals surface area contributed by atoms with Gasteiger partial charge in [-0.25, -0.2) is 17.5 Å². The maximum absolute atomic E-state index is 12.0. The first-order valence-electron chi connectivity index (χ1n) is 6.60. The summed E-state index contributed by atoms with van der Waals surface area (Å²) in [7, 11) is -1.11. The summed E-state index contributed by atoms with van der Waals surface area (Å²) in [6.07, 6.45) is 1.25. The Morgan fingerprint density at radius 3 is 2.41 bits per heavy atom. The molecule has 124 valence electrons. The molecule has 0 saturated heterocycles. The van der Waals surface area contributed by atoms with Gasteiger partial charge in [0.1, 0.15) is 12.3 Å². The van der Waals surface area contributed by atoms with E-state index in [-0.39, 0.29) is 23.0 Å². The van der Waals surface area contributed by atoms with E-state index in [4.69, 9.17) is 9.52 Å². The SMILES string of the molecule is CC(C)CC(NC(=O)c1coc(S(=O)(=O)N(C)C)c1)C(=O)O. The zero-order valence-electron chi connectivity index (χ0n) is 12.9. The van der Waals surface area contributed by atoms with Gasteiger partial charge in [-0.15, -0.1) is 0 Å². The van der Waals surface area contributed by atoms with Gasteiger partial charge in [0.2, 0.25) is 5.09 Å². The first kappa shape index (κ1) is 18.2. The zero-order chi connectivity index (χ0) is 17.1. The monoisotopic (exact) mass is 332 g/mol. The van der Waals surface area contributed by atoms with Crippen molar-refractivity contribution in [3.05, 3.63) is 17.9 Å². The molecule has 1 unspecified atom stereocenters. The molecule has 1 atom stereocenters. The van der Waals surface area contributed by atoms with Crippen LogP contribution in [-0.4, -0.2) is 49.8 Å². The summed E-state index contributed by atoms with van der Waals surface area (Å²) >= 11 is 0. The lowest BCUT2D eigenvalue weighted by Crippen LogP contribution is -2.41. The third-order valence-corrected chi connectivity index (χ3v) is 4.57. The number of carbonyl (C=O) groups excluding carboxylic acids is 1. The molecule has 22 heavy (non-hydrogen) atoms. The number of nitrogens with zero attached hydrogens (tertiary/aromatic N) is 1. The maximum Gasteiger partial charge on any atom is 0.326 e. The minimum atomic E-state index is -3.78. The van der Waals surface area contributed by atoms with Gasteiger partial charge in [0, 0.05) is 20.2 Å². The highest BCUT2D eigenvalue weighted by Gasteiger charge is 2.26. The van der Waals surface area contributed by atoms with Crippen molar-refractivity contribution in [1.82, 2.24) is 9.62 Å². The predicted molar refractivity (Wildman–Crippen MR) is 77.9 cm³/mol. The van der Waals surface area contributed by atoms with Gasteiger partial charge in [0.25, 0.3) is 15.9 Å². The van der Waals surface area contributed by atoms with E-state index < -0.39 is 27.9 Å². The van der Waals surface area contributed by atoms with Crippen LogP contribution in [0.25, 0.3) is 0 Å². The van der Waals surface area contributed by atoms with E-state index in [2.05, 4.69) is 5.32 Å². The molecule has 8 nitrogen and oxygen atoms in total. The Kier molecular flexibility index (Phi) is 5.72. The Balaban J connectivity index is 2.91. The number of amides is 1. The van der Waals surface area contributed by atoms with Gasteiger partial charge in [-0.1, -0.05) is 13.8 Å². The second-order valence-corrected chi connectivity index (χ2v) is 7.52. The van der Waals surface area contributed by atoms with Gasteiger partial charge in [-0.2, -0.15) is 0 Å². The average molecular weight is 332 g/mol. The summed E-state index contributed by atoms with van der Waals surface area (Å²) < 4.78 is 29.5. The van der Waals surface area contributed by atoms with Crippen molar-refractivity contribution in [2.45, 2.75) is 31.4 Å². The predicted octanol–water partition coefficient (Wildman–Crippen LogP) is 0.759. The molecule has 1 amide bonds. The van der Waals surface area contributed by atoms with Crippen LogP contribution >= 0.6 is 0 Å². The molecule has 0 bridgehead atoms. The number of hydrogen-bond acceptors (Lipinski definition) is 5. The van der Waals surface area contributed by atoms with Gasteiger partial charge < -0.3 is 14.8 Å². The quantitative estimate of drug-likeness (QED) is 0.761. The Morgan fingerprint density at radius 2 is 1.95 bits per heavy atom. The van der Waals surface area contributed by atoms with Crippen LogP contribution in [0.2, 0.25) is 0 Å². The van der Waals surface area contributed by atoms with Crippen molar-refractivity contribution in [1.29, 1.82) is 0 Å². The van der Waals surface area contributed by atoms with Crippen LogP contribution in [0.3, 0.4) is 0 Å². The van der Waals surface area contributed by atoms with Crippen molar-refractivity contribution < 1.29 is 27.5 Å². The molecule has 0 aliphatic carbocycles. The van der Waals surface area contributed by atoms with Crippen LogP contribution < -0.4 is 5.32 Å². The number of carbonyl (C=O) groups is 2. The van der Waals surface area contributed by atoms with Crippen molar-refractivity contribution in [2.24, 2.45) is 5.92 Å². The van der Waals surface area contributed by atoms with Crippen LogP contribution in [-0.2, 0) is 14.8 Å². The van der Waals surface area contributed by atoms with Crippen LogP contribution in [0, 0.1) is 5.92 Å². The fourth-order valence-corrected chi connectivity index (χ4v) is 2.49. The fraction of sp³-hybridized carbons (Fsp3) is 0.538. The number of sulfonamides is 1. The molecule has 0 radical (unpaired) electrons. The molecule has 1 aromatic heterocycles. The maximum atomic E-state index is 12.0. The summed E-state index contributed by atoms with van der Waals surface area (Å²) in [5, 5.41) is 11.1. The van der Waals surface area contributed by atoms with E-state index in [1.807, 2.05) is 13.8 Å². The Hall–Kier alpha value is -1.87. The Morgan fingerprint density at radius 1 is 1.36 bits per heavy atom. The molecule has 0 aliphatic rings. The molecule has 0 aromatic carbocycles. The minimum Gasteiger partial charge on any atom is -0.480 e. The summed E-state index contributed by atoms with van der Waals surface area (Å²) in [6, 6.07) is 0.0233. The molecule has 1 rings (SSSR count). The fourth-order valence-electron chi connectivity index (χ4n) is 1.69. The molecule has 1 heterocycles. The molecule has 2 N–H and O–H groups in total. The van der Waals surface area contributed by atoms with Gasteiger partial charge in [-0.05, 0) is 12.3 Å². The first-order chi connectivity index (χ1) is 10.1. The van der Waals surface area contributed by atoms with Crippen molar-refractivity contribution in [3.63, 3.8) is 0 Å². The van der Waals surface area contributed by atoms with E-state index in [1.54, 1.807) is 0 Å². The second-order valence-electron chi connectivity index (χ2n) is 5.44. The molecule has 0 aliphatic heterocycles. The van der Waals surface area contributed by atoms with Gasteiger partial charge in [-0.3, -0.25) is 4.79 Å². The number of nitrogens with one attached hydrogen (secondary N) is 1. The molecule has 0 fully saturated rings. The van der Waals surface area contributed by atoms with E-state index in [9.17, 15) is 18.0 Å². The molecular weight excluding hydrogens is 312 g/mol. The summed E-state index contributed by atoms with van der Waals surface area (Å²) in [5.74, 6) is -1.76. The lowest BCUT2D eigenvalue weighted by molar-refractivity contribution is -0.139. The summed E-state index contributed by atoms with van der Waals surface area (Å²) in [4.78, 5) is 23.1. The number of hydrogen-bond donors (Lipinski definition) is 2. The second kappa shape index (κ2) is 6.93. The zero-order valence-corrected chi connectivity index (χ0v) is 13.7. The number of rotatable bonds is 7. The van der Waals surface area contributed by atoms with E-state index in [0.717, 1.165) is 16.6 Å². The molecular formula is C13H20N2O6S. The number of furan rings is 1. The van der Waals surface area contributed by atoms with Crippen LogP contribution in [0.1, 0.15) is 30.6 Å². The number of carboxylic acids is 1. The summed E-state index contributed by atoms with van der Waals surface area (Å²) in [5.41, 5.74) is -0.0459. The highest BCUT2D eigenvalue weighted by molar-refractivity contribution is 7.88. The highest BCUT2D eigenvalue weighted by Crippen LogP contribution is 2.17. The summed E-state index contributed by atoms with van der Waals surface area (Å²) in [6.45, 7) is 3.67. The van der Waals surface area contributed by atoms with Crippen LogP contribution in [0.5, 0.6) is 0 Å². The third-order valence-electron chi connectivity index (χ3n) is 2.88. The van der Waals surface area contributed by atoms with Crippen LogP contribution in [0.4, 0.5) is 0 Å². The van der Waals surface area contributed by atoms with Gasteiger partial charge >= 0.3 is 5.97 Å². The van der Waals surface area contributed by atoms with Crippen molar-refractivity contribution >= 4 is 21.9 Å². The molecule has 0 spiro atoms. The van der Waals surface area contributed by atoms with Crippen LogP contribution in [0.15, 0.2) is 21.8 Å². The van der Waals surface area contributed by atoms with Crippen molar-refractivity contribution in [3.8, 4) is 0 Å². The lowest BCUT2D eigenvalue weighted by atomic mass is 10.0. The van der Waals surface area contributed by atoms with E-state index >= 15 is 0 Å². The smallest absolute Gasteiger partial charge is 0.326 e. The van der Waals surface area contributed by atoms with E-state index in [1.165, 1.54) is 14.1 Å². The molecule has 0 saturated carbocycles. The van der Waals surface area contributed by atoms with Crippen molar-refractivity contribution in [2.75, 3.05) is 14.1 Å². The highest BCUT2D eigenvalue weighted by atomic mass is 32.2. The average Bonchev–Trinajstić information content (AvgIpc) is 2.87. The standard InChI is InChI=1S/C13H20N2O6S/c1-8(2)5-10(13(17)18)14-12(16)9-6-11(21-7-9)22(19,20)15(3)4/h6-8,10H,5H2,1-4H3,(H,14,16)(H,17,18). The number of aliphatic carboxylic acids is 1. The lowest BCUT2D eigenvalue weighted by Gasteiger charge is -2.15. The molecule has 9 heteroatoms. The Bertz CT molecular complexity index is 647. The Labute approximate surface area is 129 Å². The third kappa shape index (κ3) is 4.31.